The Bertz CT molecular complexity index is 1510. The summed E-state index contributed by atoms with van der Waals surface area (Å²) in [5.74, 6) is -0.530. The fraction of sp³-hybridized carbons (Fsp3) is 0.276. The van der Waals surface area contributed by atoms with E-state index in [-0.39, 0.29) is 23.2 Å². The summed E-state index contributed by atoms with van der Waals surface area (Å²) >= 11 is 0. The summed E-state index contributed by atoms with van der Waals surface area (Å²) in [4.78, 5) is 35.8. The van der Waals surface area contributed by atoms with Gasteiger partial charge in [0.1, 0.15) is 23.3 Å². The first-order chi connectivity index (χ1) is 17.7. The van der Waals surface area contributed by atoms with Crippen molar-refractivity contribution >= 4 is 34.4 Å². The molecule has 37 heavy (non-hydrogen) atoms. The Hall–Kier alpha value is -4.33. The van der Waals surface area contributed by atoms with Crippen molar-refractivity contribution in [3.8, 4) is 5.75 Å². The van der Waals surface area contributed by atoms with Crippen LogP contribution >= 0.6 is 0 Å². The molecule has 8 heteroatoms. The van der Waals surface area contributed by atoms with Gasteiger partial charge in [0.2, 0.25) is 5.95 Å². The summed E-state index contributed by atoms with van der Waals surface area (Å²) in [6.45, 7) is 10.4. The molecule has 2 N–H and O–H groups in total. The van der Waals surface area contributed by atoms with Gasteiger partial charge in [0.15, 0.2) is 0 Å². The Morgan fingerprint density at radius 2 is 1.92 bits per heavy atom. The van der Waals surface area contributed by atoms with Crippen LogP contribution in [0.1, 0.15) is 60.7 Å². The van der Waals surface area contributed by atoms with Gasteiger partial charge < -0.3 is 19.2 Å². The first kappa shape index (κ1) is 24.4. The molecule has 0 spiro atoms. The van der Waals surface area contributed by atoms with Crippen molar-refractivity contribution in [2.24, 2.45) is 0 Å². The second-order valence-corrected chi connectivity index (χ2v) is 9.54. The van der Waals surface area contributed by atoms with E-state index in [0.29, 0.717) is 29.2 Å². The van der Waals surface area contributed by atoms with E-state index >= 15 is 0 Å². The van der Waals surface area contributed by atoms with Crippen LogP contribution in [0.3, 0.4) is 0 Å². The molecule has 4 aromatic rings. The molecule has 0 radical (unpaired) electrons. The van der Waals surface area contributed by atoms with Crippen LogP contribution in [0, 0.1) is 13.8 Å². The number of aromatic nitrogens is 2. The second-order valence-electron chi connectivity index (χ2n) is 9.54. The molecule has 2 aromatic heterocycles. The van der Waals surface area contributed by atoms with Gasteiger partial charge in [-0.25, -0.2) is 4.98 Å². The van der Waals surface area contributed by atoms with E-state index in [4.69, 9.17) is 9.15 Å². The molecule has 3 heterocycles. The molecule has 0 bridgehead atoms. The molecule has 1 aliphatic rings. The number of Topliss-reactive ketones (excluding diaryl/α,β-unsaturated/α-hetero) is 1. The summed E-state index contributed by atoms with van der Waals surface area (Å²) in [5, 5.41) is 11.4. The monoisotopic (exact) mass is 499 g/mol. The summed E-state index contributed by atoms with van der Waals surface area (Å²) in [5.41, 5.74) is 4.79. The molecule has 2 aromatic carbocycles. The number of hydrogen-bond acceptors (Lipinski definition) is 6. The first-order valence-corrected chi connectivity index (χ1v) is 12.3. The lowest BCUT2D eigenvalue weighted by molar-refractivity contribution is -0.132. The number of carbonyl (C=O) groups excluding carboxylic acids is 2. The molecule has 0 aliphatic carbocycles. The number of aryl methyl sites for hydroxylation is 2. The normalized spacial score (nSPS) is 17.4. The molecule has 190 valence electrons. The first-order valence-electron chi connectivity index (χ1n) is 12.3. The Labute approximate surface area is 214 Å². The fourth-order valence-electron chi connectivity index (χ4n) is 4.73. The summed E-state index contributed by atoms with van der Waals surface area (Å²) in [6.07, 6.45) is 1.47. The third kappa shape index (κ3) is 4.08. The van der Waals surface area contributed by atoms with Crippen LogP contribution in [0.5, 0.6) is 5.75 Å². The number of anilines is 1. The lowest BCUT2D eigenvalue weighted by atomic mass is 9.95. The molecular weight excluding hydrogens is 470 g/mol. The van der Waals surface area contributed by atoms with Crippen molar-refractivity contribution < 1.29 is 23.8 Å². The van der Waals surface area contributed by atoms with E-state index in [1.807, 2.05) is 46.8 Å². The van der Waals surface area contributed by atoms with Gasteiger partial charge in [0, 0.05) is 5.56 Å². The molecule has 1 saturated heterocycles. The quantitative estimate of drug-likeness (QED) is 0.194. The maximum absolute atomic E-state index is 13.4. The number of amides is 1. The lowest BCUT2D eigenvalue weighted by Crippen LogP contribution is -2.30. The molecule has 5 rings (SSSR count). The average Bonchev–Trinajstić information content (AvgIpc) is 3.58. The van der Waals surface area contributed by atoms with Crippen molar-refractivity contribution in [3.63, 3.8) is 0 Å². The molecule has 0 saturated carbocycles. The maximum atomic E-state index is 13.4. The highest BCUT2D eigenvalue weighted by molar-refractivity contribution is 6.51. The standard InChI is InChI=1S/C29H29N3O5/c1-6-36-22-10-9-18(14-19(22)15(2)3)26(33)24-25(23-8-7-11-37-23)32(28(35)27(24)34)29-30-20-12-16(4)17(5)13-21(20)31-29/h7-15,25,33H,6H2,1-5H3,(H,30,31)/b26-24+. The fourth-order valence-corrected chi connectivity index (χ4v) is 4.73. The maximum Gasteiger partial charge on any atom is 0.302 e. The van der Waals surface area contributed by atoms with Crippen molar-refractivity contribution in [1.82, 2.24) is 9.97 Å². The molecular formula is C29H29N3O5. The number of H-pyrrole nitrogens is 1. The third-order valence-electron chi connectivity index (χ3n) is 6.78. The van der Waals surface area contributed by atoms with Crippen molar-refractivity contribution in [3.05, 3.63) is 82.3 Å². The van der Waals surface area contributed by atoms with Crippen LogP contribution in [0.4, 0.5) is 5.95 Å². The average molecular weight is 500 g/mol. The van der Waals surface area contributed by atoms with E-state index in [0.717, 1.165) is 22.2 Å². The number of hydrogen-bond donors (Lipinski definition) is 2. The van der Waals surface area contributed by atoms with E-state index in [1.54, 1.807) is 30.3 Å². The van der Waals surface area contributed by atoms with Crippen molar-refractivity contribution in [2.75, 3.05) is 11.5 Å². The van der Waals surface area contributed by atoms with Gasteiger partial charge in [-0.05, 0) is 85.8 Å². The number of aliphatic hydroxyl groups is 1. The van der Waals surface area contributed by atoms with E-state index < -0.39 is 17.7 Å². The minimum absolute atomic E-state index is 0.0633. The highest BCUT2D eigenvalue weighted by atomic mass is 16.5. The van der Waals surface area contributed by atoms with Gasteiger partial charge >= 0.3 is 5.91 Å². The highest BCUT2D eigenvalue weighted by Gasteiger charge is 2.49. The van der Waals surface area contributed by atoms with Gasteiger partial charge in [0.25, 0.3) is 5.78 Å². The summed E-state index contributed by atoms with van der Waals surface area (Å²) in [7, 11) is 0. The van der Waals surface area contributed by atoms with E-state index in [9.17, 15) is 14.7 Å². The predicted molar refractivity (Wildman–Crippen MR) is 141 cm³/mol. The Kier molecular flexibility index (Phi) is 6.11. The SMILES string of the molecule is CCOc1ccc(/C(O)=C2\C(=O)C(=O)N(c3nc4cc(C)c(C)cc4[nH]3)C2c2ccco2)cc1C(C)C. The number of fused-ring (bicyclic) bond motifs is 1. The van der Waals surface area contributed by atoms with Crippen molar-refractivity contribution in [1.29, 1.82) is 0 Å². The number of ketones is 1. The number of aliphatic hydroxyl groups excluding tert-OH is 1. The number of ether oxygens (including phenoxy) is 1. The van der Waals surface area contributed by atoms with Crippen LogP contribution in [0.15, 0.2) is 58.7 Å². The number of furan rings is 1. The van der Waals surface area contributed by atoms with Gasteiger partial charge in [-0.1, -0.05) is 13.8 Å². The number of rotatable bonds is 6. The zero-order valence-corrected chi connectivity index (χ0v) is 21.5. The van der Waals surface area contributed by atoms with Crippen LogP contribution in [-0.4, -0.2) is 33.4 Å². The third-order valence-corrected chi connectivity index (χ3v) is 6.78. The zero-order chi connectivity index (χ0) is 26.4. The van der Waals surface area contributed by atoms with Crippen LogP contribution in [0.25, 0.3) is 16.8 Å². The van der Waals surface area contributed by atoms with Gasteiger partial charge in [-0.15, -0.1) is 0 Å². The lowest BCUT2D eigenvalue weighted by Gasteiger charge is -2.21. The second kappa shape index (κ2) is 9.28. The van der Waals surface area contributed by atoms with Gasteiger partial charge in [-0.2, -0.15) is 0 Å². The molecule has 8 nitrogen and oxygen atoms in total. The molecule has 1 atom stereocenters. The van der Waals surface area contributed by atoms with Crippen LogP contribution in [-0.2, 0) is 9.59 Å². The Balaban J connectivity index is 1.68. The largest absolute Gasteiger partial charge is 0.507 e. The Morgan fingerprint density at radius 1 is 1.16 bits per heavy atom. The number of nitrogens with zero attached hydrogens (tertiary/aromatic N) is 2. The minimum atomic E-state index is -0.994. The van der Waals surface area contributed by atoms with Gasteiger partial charge in [-0.3, -0.25) is 14.5 Å². The molecule has 1 unspecified atom stereocenters. The van der Waals surface area contributed by atoms with E-state index in [2.05, 4.69) is 9.97 Å². The predicted octanol–water partition coefficient (Wildman–Crippen LogP) is 5.92. The van der Waals surface area contributed by atoms with Crippen LogP contribution in [0.2, 0.25) is 0 Å². The molecule has 1 aliphatic heterocycles. The van der Waals surface area contributed by atoms with E-state index in [1.165, 1.54) is 11.2 Å². The van der Waals surface area contributed by atoms with Gasteiger partial charge in [0.05, 0.1) is 29.5 Å². The Morgan fingerprint density at radius 3 is 2.59 bits per heavy atom. The zero-order valence-electron chi connectivity index (χ0n) is 21.5. The molecule has 1 fully saturated rings. The topological polar surface area (TPSA) is 109 Å². The summed E-state index contributed by atoms with van der Waals surface area (Å²) < 4.78 is 11.4. The molecule has 1 amide bonds. The number of nitrogens with one attached hydrogen (secondary N) is 1. The minimum Gasteiger partial charge on any atom is -0.507 e. The number of imidazole rings is 1. The number of carbonyl (C=O) groups is 2. The van der Waals surface area contributed by atoms with Crippen LogP contribution < -0.4 is 9.64 Å². The highest BCUT2D eigenvalue weighted by Crippen LogP contribution is 2.42. The summed E-state index contributed by atoms with van der Waals surface area (Å²) in [6, 6.07) is 11.5. The number of aromatic amines is 1. The van der Waals surface area contributed by atoms with Crippen molar-refractivity contribution in [2.45, 2.75) is 46.6 Å². The number of benzene rings is 2. The smallest absolute Gasteiger partial charge is 0.302 e.